The van der Waals surface area contributed by atoms with Crippen LogP contribution in [0.5, 0.6) is 11.5 Å². The van der Waals surface area contributed by atoms with Crippen LogP contribution in [0.15, 0.2) is 35.5 Å². The van der Waals surface area contributed by atoms with Crippen LogP contribution >= 0.6 is 23.2 Å². The maximum Gasteiger partial charge on any atom is 0.309 e. The first-order chi connectivity index (χ1) is 18.6. The van der Waals surface area contributed by atoms with Gasteiger partial charge in [0.15, 0.2) is 5.60 Å². The van der Waals surface area contributed by atoms with Gasteiger partial charge in [-0.25, -0.2) is 0 Å². The van der Waals surface area contributed by atoms with Gasteiger partial charge in [0.2, 0.25) is 0 Å². The summed E-state index contributed by atoms with van der Waals surface area (Å²) in [6.07, 6.45) is 1.97. The van der Waals surface area contributed by atoms with Gasteiger partial charge in [-0.15, -0.1) is 0 Å². The molecule has 0 atom stereocenters. The Morgan fingerprint density at radius 3 is 2.15 bits per heavy atom. The summed E-state index contributed by atoms with van der Waals surface area (Å²) < 4.78 is 12.1. The molecule has 3 aliphatic rings. The van der Waals surface area contributed by atoms with Crippen molar-refractivity contribution in [2.24, 2.45) is 10.6 Å². The van der Waals surface area contributed by atoms with Crippen molar-refractivity contribution in [3.8, 4) is 22.6 Å². The van der Waals surface area contributed by atoms with Gasteiger partial charge in [-0.1, -0.05) is 28.4 Å². The predicted octanol–water partition coefficient (Wildman–Crippen LogP) is 5.93. The summed E-state index contributed by atoms with van der Waals surface area (Å²) in [4.78, 5) is 22.0. The van der Waals surface area contributed by atoms with Gasteiger partial charge in [0.05, 0.1) is 30.6 Å². The van der Waals surface area contributed by atoms with Gasteiger partial charge in [-0.3, -0.25) is 9.69 Å². The zero-order valence-electron chi connectivity index (χ0n) is 22.6. The Kier molecular flexibility index (Phi) is 7.91. The van der Waals surface area contributed by atoms with E-state index in [-0.39, 0.29) is 5.60 Å². The normalized spacial score (nSPS) is 19.8. The molecule has 0 unspecified atom stereocenters. The van der Waals surface area contributed by atoms with Crippen molar-refractivity contribution in [3.63, 3.8) is 0 Å². The largest absolute Gasteiger partial charge is 0.493 e. The number of likely N-dealkylation sites (tertiary alicyclic amines) is 2. The Balaban J connectivity index is 1.26. The average molecular weight is 577 g/mol. The first-order valence-electron chi connectivity index (χ1n) is 13.5. The van der Waals surface area contributed by atoms with E-state index in [0.29, 0.717) is 49.2 Å². The van der Waals surface area contributed by atoms with E-state index in [1.54, 1.807) is 6.07 Å². The van der Waals surface area contributed by atoms with Crippen molar-refractivity contribution >= 4 is 35.0 Å². The summed E-state index contributed by atoms with van der Waals surface area (Å²) in [7, 11) is 0. The molecule has 1 N–H and O–H groups in total. The molecule has 0 amide bonds. The van der Waals surface area contributed by atoms with Gasteiger partial charge >= 0.3 is 5.97 Å². The Morgan fingerprint density at radius 1 is 1.03 bits per heavy atom. The van der Waals surface area contributed by atoms with Crippen molar-refractivity contribution < 1.29 is 24.2 Å². The molecule has 0 bridgehead atoms. The van der Waals surface area contributed by atoms with Crippen molar-refractivity contribution in [3.05, 3.63) is 45.9 Å². The Labute approximate surface area is 239 Å². The number of carboxylic acid groups (broad SMARTS) is 1. The smallest absolute Gasteiger partial charge is 0.309 e. The molecule has 2 fully saturated rings. The first kappa shape index (κ1) is 27.9. The first-order valence-corrected chi connectivity index (χ1v) is 14.2. The van der Waals surface area contributed by atoms with Crippen molar-refractivity contribution in [2.45, 2.75) is 52.2 Å². The van der Waals surface area contributed by atoms with Crippen LogP contribution in [0.3, 0.4) is 0 Å². The number of nitrogens with zero attached hydrogens (tertiary/aromatic N) is 3. The lowest BCUT2D eigenvalue weighted by molar-refractivity contribution is -0.150. The van der Waals surface area contributed by atoms with Gasteiger partial charge in [-0.2, -0.15) is 0 Å². The van der Waals surface area contributed by atoms with E-state index >= 15 is 0 Å². The standard InChI is InChI=1S/C29H35Cl2N3O5/c1-4-37-23-10-19(11-24(38-5-2)26(23)20-12-21(30)14-22(31)13-20)16-33-17-29(18-33)15-25(32-39-29)34-8-6-28(3,7-9-34)27(35)36/h10-14H,4-9,15-18H2,1-3H3,(H,35,36). The fourth-order valence-corrected chi connectivity index (χ4v) is 6.24. The van der Waals surface area contributed by atoms with Gasteiger partial charge < -0.3 is 24.3 Å². The number of hydrogen-bond acceptors (Lipinski definition) is 7. The highest BCUT2D eigenvalue weighted by molar-refractivity contribution is 6.35. The van der Waals surface area contributed by atoms with E-state index in [4.69, 9.17) is 37.5 Å². The number of aliphatic carboxylic acids is 1. The molecule has 2 aromatic rings. The zero-order valence-corrected chi connectivity index (χ0v) is 24.1. The predicted molar refractivity (Wildman–Crippen MR) is 152 cm³/mol. The molecule has 210 valence electrons. The second-order valence-corrected chi connectivity index (χ2v) is 11.8. The second-order valence-electron chi connectivity index (χ2n) is 10.9. The SMILES string of the molecule is CCOc1cc(CN2CC3(CC(N4CCC(C)(C(=O)O)CC4)=NO3)C2)cc(OCC)c1-c1cc(Cl)cc(Cl)c1. The number of piperidine rings is 1. The minimum Gasteiger partial charge on any atom is -0.493 e. The Morgan fingerprint density at radius 2 is 1.62 bits per heavy atom. The number of halogens is 2. The monoisotopic (exact) mass is 575 g/mol. The van der Waals surface area contributed by atoms with E-state index in [0.717, 1.165) is 60.1 Å². The lowest BCUT2D eigenvalue weighted by atomic mass is 9.80. The molecule has 2 saturated heterocycles. The number of ether oxygens (including phenoxy) is 2. The molecule has 0 radical (unpaired) electrons. The number of amidine groups is 1. The summed E-state index contributed by atoms with van der Waals surface area (Å²) in [6, 6.07) is 9.57. The molecular weight excluding hydrogens is 541 g/mol. The molecule has 0 saturated carbocycles. The molecule has 3 heterocycles. The van der Waals surface area contributed by atoms with E-state index in [2.05, 4.69) is 27.1 Å². The van der Waals surface area contributed by atoms with Crippen LogP contribution in [0.4, 0.5) is 0 Å². The lowest BCUT2D eigenvalue weighted by Crippen LogP contribution is -2.61. The number of benzene rings is 2. The van der Waals surface area contributed by atoms with Crippen LogP contribution in [0.25, 0.3) is 11.1 Å². The summed E-state index contributed by atoms with van der Waals surface area (Å²) in [5.74, 6) is 1.67. The summed E-state index contributed by atoms with van der Waals surface area (Å²) >= 11 is 12.6. The maximum atomic E-state index is 11.6. The molecule has 5 rings (SSSR count). The van der Waals surface area contributed by atoms with Gasteiger partial charge in [0.1, 0.15) is 17.3 Å². The zero-order chi connectivity index (χ0) is 27.8. The molecule has 2 aromatic carbocycles. The molecule has 0 aromatic heterocycles. The van der Waals surface area contributed by atoms with Crippen molar-refractivity contribution in [1.29, 1.82) is 0 Å². The molecule has 3 aliphatic heterocycles. The highest BCUT2D eigenvalue weighted by Gasteiger charge is 2.51. The lowest BCUT2D eigenvalue weighted by Gasteiger charge is -2.45. The quantitative estimate of drug-likeness (QED) is 0.417. The maximum absolute atomic E-state index is 11.6. The summed E-state index contributed by atoms with van der Waals surface area (Å²) in [6.45, 7) is 10.4. The highest BCUT2D eigenvalue weighted by atomic mass is 35.5. The minimum atomic E-state index is -0.720. The fourth-order valence-electron chi connectivity index (χ4n) is 5.71. The average Bonchev–Trinajstić information content (AvgIpc) is 3.29. The van der Waals surface area contributed by atoms with E-state index in [9.17, 15) is 9.90 Å². The second kappa shape index (κ2) is 11.1. The van der Waals surface area contributed by atoms with E-state index < -0.39 is 11.4 Å². The summed E-state index contributed by atoms with van der Waals surface area (Å²) in [5.41, 5.74) is 1.79. The van der Waals surface area contributed by atoms with E-state index in [1.807, 2.05) is 32.9 Å². The summed E-state index contributed by atoms with van der Waals surface area (Å²) in [5, 5.41) is 15.0. The fraction of sp³-hybridized carbons (Fsp3) is 0.517. The molecule has 1 spiro atoms. The van der Waals surface area contributed by atoms with Crippen LogP contribution in [0.1, 0.15) is 45.6 Å². The van der Waals surface area contributed by atoms with Crippen LogP contribution in [0.2, 0.25) is 10.0 Å². The Hall–Kier alpha value is -2.68. The number of carboxylic acids is 1. The number of hydrogen-bond donors (Lipinski definition) is 1. The van der Waals surface area contributed by atoms with Gasteiger partial charge in [0.25, 0.3) is 0 Å². The molecule has 10 heteroatoms. The third kappa shape index (κ3) is 5.79. The molecular formula is C29H35Cl2N3O5. The third-order valence-corrected chi connectivity index (χ3v) is 8.32. The van der Waals surface area contributed by atoms with Crippen LogP contribution < -0.4 is 9.47 Å². The number of rotatable bonds is 8. The topological polar surface area (TPSA) is 83.8 Å². The van der Waals surface area contributed by atoms with E-state index in [1.165, 1.54) is 0 Å². The van der Waals surface area contributed by atoms with Crippen LogP contribution in [-0.4, -0.2) is 71.7 Å². The number of oxime groups is 1. The van der Waals surface area contributed by atoms with Gasteiger partial charge in [-0.05, 0) is 75.1 Å². The minimum absolute atomic E-state index is 0.314. The molecule has 8 nitrogen and oxygen atoms in total. The number of carbonyl (C=O) groups is 1. The van der Waals surface area contributed by atoms with Crippen molar-refractivity contribution in [2.75, 3.05) is 39.4 Å². The highest BCUT2D eigenvalue weighted by Crippen LogP contribution is 2.43. The van der Waals surface area contributed by atoms with Crippen LogP contribution in [0, 0.1) is 5.41 Å². The molecule has 39 heavy (non-hydrogen) atoms. The van der Waals surface area contributed by atoms with Gasteiger partial charge in [0, 0.05) is 42.8 Å². The third-order valence-electron chi connectivity index (χ3n) is 7.88. The Bertz CT molecular complexity index is 1220. The molecule has 0 aliphatic carbocycles. The van der Waals surface area contributed by atoms with Crippen LogP contribution in [-0.2, 0) is 16.2 Å². The van der Waals surface area contributed by atoms with Crippen molar-refractivity contribution in [1.82, 2.24) is 9.80 Å².